The van der Waals surface area contributed by atoms with Crippen molar-refractivity contribution >= 4 is 68.4 Å². The van der Waals surface area contributed by atoms with E-state index in [1.807, 2.05) is 6.92 Å². The number of thioether (sulfide) groups is 1. The first-order chi connectivity index (χ1) is 17.3. The first-order valence-corrected chi connectivity index (χ1v) is 14.0. The van der Waals surface area contributed by atoms with Crippen LogP contribution in [-0.2, 0) is 0 Å². The van der Waals surface area contributed by atoms with Crippen LogP contribution in [0.15, 0.2) is 41.0 Å². The van der Waals surface area contributed by atoms with Crippen LogP contribution in [0.5, 0.6) is 5.88 Å². The van der Waals surface area contributed by atoms with Crippen LogP contribution < -0.4 is 15.4 Å². The van der Waals surface area contributed by atoms with Gasteiger partial charge in [-0.2, -0.15) is 11.8 Å². The zero-order chi connectivity index (χ0) is 25.8. The fourth-order valence-corrected chi connectivity index (χ4v) is 4.97. The molecule has 1 aromatic carbocycles. The highest BCUT2D eigenvalue weighted by Crippen LogP contribution is 2.32. The smallest absolute Gasteiger partial charge is 0.274 e. The Morgan fingerprint density at radius 2 is 2.06 bits per heavy atom. The number of nitrogens with zero attached hydrogens (tertiary/aromatic N) is 3. The van der Waals surface area contributed by atoms with Gasteiger partial charge in [-0.1, -0.05) is 43.5 Å². The molecule has 3 aromatic rings. The normalized spacial score (nSPS) is 14.1. The number of ether oxygens (including phenoxy) is 1. The van der Waals surface area contributed by atoms with Crippen LogP contribution in [0.25, 0.3) is 5.82 Å². The lowest BCUT2D eigenvalue weighted by molar-refractivity contribution is 0.0948. The number of hydrogen-bond donors (Lipinski definition) is 2. The average Bonchev–Trinajstić information content (AvgIpc) is 3.25. The van der Waals surface area contributed by atoms with Gasteiger partial charge in [-0.05, 0) is 46.1 Å². The molecule has 12 heteroatoms. The quantitative estimate of drug-likeness (QED) is 0.314. The zero-order valence-electron chi connectivity index (χ0n) is 19.6. The number of aromatic nitrogens is 3. The number of anilines is 1. The lowest BCUT2D eigenvalue weighted by Crippen LogP contribution is -2.31. The molecule has 0 saturated carbocycles. The van der Waals surface area contributed by atoms with Gasteiger partial charge in [0.1, 0.15) is 11.8 Å². The van der Waals surface area contributed by atoms with Gasteiger partial charge in [0.2, 0.25) is 5.88 Å². The summed E-state index contributed by atoms with van der Waals surface area (Å²) in [6.45, 7) is 4.60. The van der Waals surface area contributed by atoms with E-state index in [2.05, 4.69) is 43.6 Å². The molecule has 1 saturated heterocycles. The summed E-state index contributed by atoms with van der Waals surface area (Å²) in [5.74, 6) is 1.71. The van der Waals surface area contributed by atoms with E-state index in [4.69, 9.17) is 27.9 Å². The Labute approximate surface area is 231 Å². The van der Waals surface area contributed by atoms with E-state index in [-0.39, 0.29) is 40.7 Å². The molecule has 0 spiro atoms. The maximum atomic E-state index is 13.5. The van der Waals surface area contributed by atoms with Gasteiger partial charge in [-0.25, -0.2) is 9.67 Å². The molecule has 0 aliphatic carbocycles. The standard InChI is InChI=1S/C24H24BrCl2N5O3S/c1-3-13(2)10-29-23(33)16-7-14(26)8-17(25)21(16)30-24(34)19-9-20(35-15-11-36-12-15)31-32(19)22-18(27)5-4-6-28-22/h4-9,13,15H,3,10-12H2,1-2H3,(H,29,33)(H,30,34). The van der Waals surface area contributed by atoms with Crippen LogP contribution in [0.3, 0.4) is 0 Å². The van der Waals surface area contributed by atoms with Crippen molar-refractivity contribution in [1.29, 1.82) is 0 Å². The Kier molecular flexibility index (Phi) is 8.82. The highest BCUT2D eigenvalue weighted by atomic mass is 79.9. The number of carbonyl (C=O) groups excluding carboxylic acids is 2. The van der Waals surface area contributed by atoms with Gasteiger partial charge in [-0.3, -0.25) is 9.59 Å². The van der Waals surface area contributed by atoms with Gasteiger partial charge < -0.3 is 15.4 Å². The number of rotatable bonds is 9. The van der Waals surface area contributed by atoms with Crippen LogP contribution in [0.4, 0.5) is 5.69 Å². The second-order valence-corrected chi connectivity index (χ2v) is 11.1. The predicted molar refractivity (Wildman–Crippen MR) is 147 cm³/mol. The number of hydrogen-bond acceptors (Lipinski definition) is 6. The summed E-state index contributed by atoms with van der Waals surface area (Å²) in [5.41, 5.74) is 0.657. The van der Waals surface area contributed by atoms with Crippen LogP contribution in [0.2, 0.25) is 10.0 Å². The molecule has 190 valence electrons. The first-order valence-electron chi connectivity index (χ1n) is 11.3. The summed E-state index contributed by atoms with van der Waals surface area (Å²) in [6, 6.07) is 8.01. The van der Waals surface area contributed by atoms with Crippen molar-refractivity contribution in [2.45, 2.75) is 26.4 Å². The molecule has 2 amide bonds. The Morgan fingerprint density at radius 1 is 1.28 bits per heavy atom. The zero-order valence-corrected chi connectivity index (χ0v) is 23.5. The number of benzene rings is 1. The molecule has 0 bridgehead atoms. The molecular formula is C24H24BrCl2N5O3S. The van der Waals surface area contributed by atoms with E-state index in [1.54, 1.807) is 36.2 Å². The third kappa shape index (κ3) is 6.16. The van der Waals surface area contributed by atoms with Crippen molar-refractivity contribution in [3.05, 3.63) is 62.3 Å². The maximum absolute atomic E-state index is 13.5. The van der Waals surface area contributed by atoms with Crippen LogP contribution in [0, 0.1) is 5.92 Å². The molecular weight excluding hydrogens is 589 g/mol. The molecule has 1 unspecified atom stereocenters. The summed E-state index contributed by atoms with van der Waals surface area (Å²) in [6.07, 6.45) is 2.51. The molecule has 3 heterocycles. The Bertz CT molecular complexity index is 1280. The van der Waals surface area contributed by atoms with E-state index < -0.39 is 5.91 Å². The van der Waals surface area contributed by atoms with E-state index in [9.17, 15) is 9.59 Å². The maximum Gasteiger partial charge on any atom is 0.274 e. The number of carbonyl (C=O) groups is 2. The van der Waals surface area contributed by atoms with E-state index in [1.165, 1.54) is 16.8 Å². The van der Waals surface area contributed by atoms with Gasteiger partial charge in [0, 0.05) is 39.8 Å². The second kappa shape index (κ2) is 11.9. The van der Waals surface area contributed by atoms with Crippen LogP contribution >= 0.6 is 50.9 Å². The van der Waals surface area contributed by atoms with Crippen molar-refractivity contribution in [2.24, 2.45) is 5.92 Å². The van der Waals surface area contributed by atoms with Gasteiger partial charge in [0.05, 0.1) is 16.3 Å². The molecule has 2 aromatic heterocycles. The van der Waals surface area contributed by atoms with Crippen molar-refractivity contribution in [3.63, 3.8) is 0 Å². The molecule has 2 N–H and O–H groups in total. The summed E-state index contributed by atoms with van der Waals surface area (Å²) < 4.78 is 7.70. The van der Waals surface area contributed by atoms with Crippen molar-refractivity contribution in [2.75, 3.05) is 23.4 Å². The number of pyridine rings is 1. The molecule has 1 aliphatic rings. The molecule has 1 atom stereocenters. The SMILES string of the molecule is CCC(C)CNC(=O)c1cc(Cl)cc(Br)c1NC(=O)c1cc(OC2CSC2)nn1-c1ncccc1Cl. The molecule has 0 radical (unpaired) electrons. The van der Waals surface area contributed by atoms with E-state index in [0.29, 0.717) is 27.0 Å². The molecule has 1 aliphatic heterocycles. The lowest BCUT2D eigenvalue weighted by atomic mass is 10.1. The minimum Gasteiger partial charge on any atom is -0.472 e. The first kappa shape index (κ1) is 26.8. The van der Waals surface area contributed by atoms with Crippen LogP contribution in [-0.4, -0.2) is 50.7 Å². The molecule has 8 nitrogen and oxygen atoms in total. The van der Waals surface area contributed by atoms with Crippen molar-refractivity contribution in [1.82, 2.24) is 20.1 Å². The number of halogens is 3. The summed E-state index contributed by atoms with van der Waals surface area (Å²) in [7, 11) is 0. The topological polar surface area (TPSA) is 98.1 Å². The molecule has 1 fully saturated rings. The monoisotopic (exact) mass is 611 g/mol. The average molecular weight is 613 g/mol. The molecule has 4 rings (SSSR count). The Balaban J connectivity index is 1.67. The summed E-state index contributed by atoms with van der Waals surface area (Å²) >= 11 is 17.8. The second-order valence-electron chi connectivity index (χ2n) is 8.35. The van der Waals surface area contributed by atoms with Gasteiger partial charge in [-0.15, -0.1) is 5.10 Å². The van der Waals surface area contributed by atoms with Gasteiger partial charge in [0.15, 0.2) is 5.82 Å². The fraction of sp³-hybridized carbons (Fsp3) is 0.333. The minimum atomic E-state index is -0.527. The minimum absolute atomic E-state index is 0.0275. The van der Waals surface area contributed by atoms with Crippen LogP contribution in [0.1, 0.15) is 41.1 Å². The van der Waals surface area contributed by atoms with Crippen molar-refractivity contribution in [3.8, 4) is 11.7 Å². The summed E-state index contributed by atoms with van der Waals surface area (Å²) in [4.78, 5) is 30.8. The Morgan fingerprint density at radius 3 is 2.72 bits per heavy atom. The van der Waals surface area contributed by atoms with E-state index in [0.717, 1.165) is 17.9 Å². The Hall–Kier alpha value is -2.27. The number of amides is 2. The summed E-state index contributed by atoms with van der Waals surface area (Å²) in [5, 5.41) is 10.9. The van der Waals surface area contributed by atoms with E-state index >= 15 is 0 Å². The van der Waals surface area contributed by atoms with Gasteiger partial charge in [0.25, 0.3) is 11.8 Å². The third-order valence-corrected chi connectivity index (χ3v) is 7.95. The third-order valence-electron chi connectivity index (χ3n) is 5.60. The highest BCUT2D eigenvalue weighted by Gasteiger charge is 2.26. The number of nitrogens with one attached hydrogen (secondary N) is 2. The molecule has 36 heavy (non-hydrogen) atoms. The van der Waals surface area contributed by atoms with Gasteiger partial charge >= 0.3 is 0 Å². The largest absolute Gasteiger partial charge is 0.472 e. The lowest BCUT2D eigenvalue weighted by Gasteiger charge is -2.24. The van der Waals surface area contributed by atoms with Crippen molar-refractivity contribution < 1.29 is 14.3 Å². The predicted octanol–water partition coefficient (Wildman–Crippen LogP) is 5.86. The highest BCUT2D eigenvalue weighted by molar-refractivity contribution is 9.10. The fourth-order valence-electron chi connectivity index (χ4n) is 3.29.